The maximum atomic E-state index is 15.2. The monoisotopic (exact) mass is 685 g/mol. The molecule has 1 aromatic carbocycles. The van der Waals surface area contributed by atoms with Crippen LogP contribution in [0, 0.1) is 17.8 Å². The van der Waals surface area contributed by atoms with Gasteiger partial charge in [0, 0.05) is 36.8 Å². The quantitative estimate of drug-likeness (QED) is 0.307. The highest BCUT2D eigenvalue weighted by molar-refractivity contribution is 5.99. The summed E-state index contributed by atoms with van der Waals surface area (Å²) < 4.78 is 63.4. The van der Waals surface area contributed by atoms with Gasteiger partial charge >= 0.3 is 5.97 Å². The number of carboxylic acid groups (broad SMARTS) is 1. The number of halogens is 4. The molecule has 1 spiro atoms. The van der Waals surface area contributed by atoms with E-state index >= 15 is 8.78 Å². The second-order valence-electron chi connectivity index (χ2n) is 16.0. The van der Waals surface area contributed by atoms with E-state index in [-0.39, 0.29) is 54.9 Å². The van der Waals surface area contributed by atoms with Crippen LogP contribution in [0.15, 0.2) is 24.4 Å². The maximum absolute atomic E-state index is 15.2. The Morgan fingerprint density at radius 3 is 2.45 bits per heavy atom. The van der Waals surface area contributed by atoms with Crippen molar-refractivity contribution in [3.8, 4) is 5.75 Å². The number of likely N-dealkylation sites (tertiary alicyclic amines) is 1. The van der Waals surface area contributed by atoms with Crippen LogP contribution in [-0.4, -0.2) is 75.1 Å². The van der Waals surface area contributed by atoms with E-state index in [4.69, 9.17) is 4.74 Å². The molecule has 2 aliphatic heterocycles. The molecule has 4 saturated carbocycles. The van der Waals surface area contributed by atoms with E-state index < -0.39 is 40.5 Å². The highest BCUT2D eigenvalue weighted by Crippen LogP contribution is 2.58. The minimum Gasteiger partial charge on any atom is -0.490 e. The first-order chi connectivity index (χ1) is 23.1. The van der Waals surface area contributed by atoms with E-state index in [1.165, 1.54) is 0 Å². The molecule has 1 saturated heterocycles. The van der Waals surface area contributed by atoms with E-state index in [2.05, 4.69) is 22.2 Å². The fraction of sp³-hybridized carbons (Fsp3) is 0.667. The highest BCUT2D eigenvalue weighted by Gasteiger charge is 2.57. The molecule has 4 unspecified atom stereocenters. The zero-order valence-corrected chi connectivity index (χ0v) is 27.9. The van der Waals surface area contributed by atoms with Crippen molar-refractivity contribution in [3.63, 3.8) is 0 Å². The van der Waals surface area contributed by atoms with Crippen LogP contribution in [0.25, 0.3) is 0 Å². The first-order valence-corrected chi connectivity index (χ1v) is 17.7. The molecule has 6 aliphatic rings. The number of rotatable bonds is 8. The number of anilines is 2. The Labute approximate surface area is 282 Å². The Morgan fingerprint density at radius 1 is 1.06 bits per heavy atom. The van der Waals surface area contributed by atoms with Gasteiger partial charge in [0.25, 0.3) is 17.8 Å². The van der Waals surface area contributed by atoms with Gasteiger partial charge in [-0.05, 0) is 106 Å². The summed E-state index contributed by atoms with van der Waals surface area (Å²) in [5.41, 5.74) is -1.000. The van der Waals surface area contributed by atoms with Crippen LogP contribution in [0.3, 0.4) is 0 Å². The number of aromatic nitrogens is 2. The number of amides is 1. The number of carbonyl (C=O) groups excluding carboxylic acids is 1. The molecule has 2 aromatic rings. The standard InChI is InChI=1S/C36H43F4N5O4/c1-20-11-21-13-22(12-20)36(15-21,31(47)48)43-30(46)26-16-41-32(42-29(26)33(2,37)38)45-17-34(9-10-34)27-14-25(7-8-28(27)45)49-24-5-3-23(4-6-24)44-18-35(39,40)19-44/h7-8,14,16,20-24H,3-6,9-13,15,17-19H2,1-2H3,(H,43,46)(H,47,48). The van der Waals surface area contributed by atoms with E-state index in [0.29, 0.717) is 32.2 Å². The van der Waals surface area contributed by atoms with Gasteiger partial charge in [-0.25, -0.2) is 23.5 Å². The molecule has 0 radical (unpaired) electrons. The van der Waals surface area contributed by atoms with Crippen LogP contribution in [0.5, 0.6) is 5.75 Å². The molecule has 2 N–H and O–H groups in total. The molecule has 49 heavy (non-hydrogen) atoms. The van der Waals surface area contributed by atoms with Crippen molar-refractivity contribution in [1.82, 2.24) is 20.2 Å². The third kappa shape index (κ3) is 5.73. The lowest BCUT2D eigenvalue weighted by Crippen LogP contribution is -2.60. The molecule has 2 bridgehead atoms. The predicted molar refractivity (Wildman–Crippen MR) is 172 cm³/mol. The SMILES string of the molecule is CC1CC2CC(C1)C(NC(=O)c1cnc(N3CC4(CC4)c4cc(OC5CCC(N6CC(F)(F)C6)CC5)ccc43)nc1C(C)(F)F)(C(=O)O)C2. The van der Waals surface area contributed by atoms with Crippen molar-refractivity contribution in [2.45, 2.75) is 113 Å². The molecular weight excluding hydrogens is 642 g/mol. The molecule has 264 valence electrons. The van der Waals surface area contributed by atoms with Gasteiger partial charge < -0.3 is 20.1 Å². The molecule has 13 heteroatoms. The summed E-state index contributed by atoms with van der Waals surface area (Å²) in [5.74, 6) is -7.09. The smallest absolute Gasteiger partial charge is 0.329 e. The lowest BCUT2D eigenvalue weighted by Gasteiger charge is -2.46. The van der Waals surface area contributed by atoms with Crippen molar-refractivity contribution in [2.75, 3.05) is 24.5 Å². The predicted octanol–water partition coefficient (Wildman–Crippen LogP) is 6.42. The van der Waals surface area contributed by atoms with Crippen LogP contribution < -0.4 is 15.0 Å². The van der Waals surface area contributed by atoms with Gasteiger partial charge in [0.2, 0.25) is 5.95 Å². The van der Waals surface area contributed by atoms with Gasteiger partial charge in [-0.1, -0.05) is 6.92 Å². The minimum absolute atomic E-state index is 0.00688. The van der Waals surface area contributed by atoms with E-state index in [9.17, 15) is 23.5 Å². The van der Waals surface area contributed by atoms with Crippen LogP contribution in [-0.2, 0) is 16.1 Å². The van der Waals surface area contributed by atoms with Crippen LogP contribution >= 0.6 is 0 Å². The van der Waals surface area contributed by atoms with E-state index in [1.807, 2.05) is 28.0 Å². The Morgan fingerprint density at radius 2 is 1.80 bits per heavy atom. The minimum atomic E-state index is -3.49. The maximum Gasteiger partial charge on any atom is 0.329 e. The van der Waals surface area contributed by atoms with Crippen molar-refractivity contribution in [2.24, 2.45) is 17.8 Å². The first-order valence-electron chi connectivity index (χ1n) is 17.7. The van der Waals surface area contributed by atoms with Gasteiger partial charge in [0.05, 0.1) is 24.8 Å². The average Bonchev–Trinajstić information content (AvgIpc) is 3.68. The first kappa shape index (κ1) is 32.7. The third-order valence-electron chi connectivity index (χ3n) is 12.2. The number of fused-ring (bicyclic) bond motifs is 4. The second-order valence-corrected chi connectivity index (χ2v) is 16.0. The Kier molecular flexibility index (Phi) is 7.52. The van der Waals surface area contributed by atoms with Crippen molar-refractivity contribution >= 4 is 23.5 Å². The molecule has 1 amide bonds. The number of aliphatic carboxylic acids is 1. The van der Waals surface area contributed by atoms with Gasteiger partial charge in [-0.3, -0.25) is 9.69 Å². The molecular formula is C36H43F4N5O4. The van der Waals surface area contributed by atoms with E-state index in [0.717, 1.165) is 68.1 Å². The summed E-state index contributed by atoms with van der Waals surface area (Å²) in [4.78, 5) is 38.6. The van der Waals surface area contributed by atoms with Crippen molar-refractivity contribution < 1.29 is 37.0 Å². The number of nitrogens with one attached hydrogen (secondary N) is 1. The van der Waals surface area contributed by atoms with E-state index in [1.54, 1.807) is 0 Å². The molecule has 1 aromatic heterocycles. The summed E-state index contributed by atoms with van der Waals surface area (Å²) in [5, 5.41) is 13.0. The molecule has 3 heterocycles. The number of carbonyl (C=O) groups is 2. The number of carboxylic acids is 1. The molecule has 5 fully saturated rings. The van der Waals surface area contributed by atoms with Crippen LogP contribution in [0.4, 0.5) is 29.2 Å². The number of alkyl halides is 4. The van der Waals surface area contributed by atoms with Crippen molar-refractivity contribution in [1.29, 1.82) is 0 Å². The van der Waals surface area contributed by atoms with Gasteiger partial charge in [0.15, 0.2) is 0 Å². The lowest BCUT2D eigenvalue weighted by atomic mass is 9.78. The van der Waals surface area contributed by atoms with Crippen molar-refractivity contribution in [3.05, 3.63) is 41.2 Å². The molecule has 4 atom stereocenters. The second kappa shape index (κ2) is 11.3. The van der Waals surface area contributed by atoms with Gasteiger partial charge in [-0.15, -0.1) is 0 Å². The Balaban J connectivity index is 1.01. The van der Waals surface area contributed by atoms with Crippen LogP contribution in [0.2, 0.25) is 0 Å². The topological polar surface area (TPSA) is 108 Å². The molecule has 8 rings (SSSR count). The molecule has 4 aliphatic carbocycles. The summed E-state index contributed by atoms with van der Waals surface area (Å²) in [6, 6.07) is 5.95. The number of hydrogen-bond donors (Lipinski definition) is 2. The van der Waals surface area contributed by atoms with Crippen LogP contribution in [0.1, 0.15) is 99.7 Å². The fourth-order valence-electron chi connectivity index (χ4n) is 9.68. The zero-order chi connectivity index (χ0) is 34.5. The van der Waals surface area contributed by atoms with Gasteiger partial charge in [-0.2, -0.15) is 8.78 Å². The summed E-state index contributed by atoms with van der Waals surface area (Å²) in [7, 11) is 0. The summed E-state index contributed by atoms with van der Waals surface area (Å²) >= 11 is 0. The zero-order valence-electron chi connectivity index (χ0n) is 27.9. The third-order valence-corrected chi connectivity index (χ3v) is 12.2. The fourth-order valence-corrected chi connectivity index (χ4v) is 9.68. The normalized spacial score (nSPS) is 32.8. The number of nitrogens with zero attached hydrogens (tertiary/aromatic N) is 4. The number of benzene rings is 1. The van der Waals surface area contributed by atoms with Gasteiger partial charge in [0.1, 0.15) is 17.0 Å². The summed E-state index contributed by atoms with van der Waals surface area (Å²) in [6.07, 6.45) is 8.65. The largest absolute Gasteiger partial charge is 0.490 e. The Bertz CT molecular complexity index is 1660. The average molecular weight is 686 g/mol. The lowest BCUT2D eigenvalue weighted by molar-refractivity contribution is -0.151. The summed E-state index contributed by atoms with van der Waals surface area (Å²) in [6.45, 7) is 2.95. The highest BCUT2D eigenvalue weighted by atomic mass is 19.3. The Hall–Kier alpha value is -3.48. The number of ether oxygens (including phenoxy) is 1. The number of hydrogen-bond acceptors (Lipinski definition) is 7. The molecule has 9 nitrogen and oxygen atoms in total.